The molecule has 112 valence electrons. The number of hydrogen-bond donors (Lipinski definition) is 0. The number of carbonyl (C=O) groups is 1. The van der Waals surface area contributed by atoms with Crippen molar-refractivity contribution in [3.05, 3.63) is 29.8 Å². The molecule has 0 atom stereocenters. The van der Waals surface area contributed by atoms with Crippen LogP contribution in [0.1, 0.15) is 29.6 Å². The van der Waals surface area contributed by atoms with Gasteiger partial charge in [-0.25, -0.2) is 4.79 Å². The fourth-order valence-electron chi connectivity index (χ4n) is 2.26. The van der Waals surface area contributed by atoms with Gasteiger partial charge in [0.1, 0.15) is 12.4 Å². The van der Waals surface area contributed by atoms with Crippen LogP contribution in [-0.4, -0.2) is 44.2 Å². The zero-order valence-corrected chi connectivity index (χ0v) is 12.6. The molecule has 1 aromatic rings. The number of carbonyl (C=O) groups excluding carboxylic acids is 1. The van der Waals surface area contributed by atoms with Crippen molar-refractivity contribution in [3.63, 3.8) is 0 Å². The summed E-state index contributed by atoms with van der Waals surface area (Å²) in [5.74, 6) is 0.476. The second kappa shape index (κ2) is 8.82. The lowest BCUT2D eigenvalue weighted by atomic mass is 10.1. The van der Waals surface area contributed by atoms with Gasteiger partial charge in [-0.1, -0.05) is 6.42 Å². The van der Waals surface area contributed by atoms with Gasteiger partial charge in [-0.15, -0.1) is 0 Å². The van der Waals surface area contributed by atoms with Crippen molar-refractivity contribution < 1.29 is 26.7 Å². The Morgan fingerprint density at radius 2 is 1.80 bits per heavy atom. The number of halogens is 1. The van der Waals surface area contributed by atoms with E-state index in [4.69, 9.17) is 9.47 Å². The third kappa shape index (κ3) is 5.02. The van der Waals surface area contributed by atoms with Gasteiger partial charge in [0.25, 0.3) is 0 Å². The number of nitrogens with zero attached hydrogens (tertiary/aromatic N) is 1. The Bertz CT molecular complexity index is 402. The molecule has 0 aliphatic carbocycles. The highest BCUT2D eigenvalue weighted by Crippen LogP contribution is 2.12. The van der Waals surface area contributed by atoms with E-state index in [2.05, 4.69) is 4.90 Å². The molecular formula is C15H21ClNO3-. The van der Waals surface area contributed by atoms with Crippen LogP contribution in [0.3, 0.4) is 0 Å². The summed E-state index contributed by atoms with van der Waals surface area (Å²) < 4.78 is 10.3. The molecule has 1 aliphatic heterocycles. The van der Waals surface area contributed by atoms with Crippen molar-refractivity contribution >= 4 is 5.97 Å². The monoisotopic (exact) mass is 298 g/mol. The van der Waals surface area contributed by atoms with Crippen molar-refractivity contribution in [2.24, 2.45) is 0 Å². The van der Waals surface area contributed by atoms with E-state index >= 15 is 0 Å². The van der Waals surface area contributed by atoms with Crippen molar-refractivity contribution in [1.82, 2.24) is 4.90 Å². The van der Waals surface area contributed by atoms with Gasteiger partial charge in [-0.2, -0.15) is 0 Å². The molecule has 2 rings (SSSR count). The SMILES string of the molecule is COc1ccc(C(=O)OCCN2CCCCC2)cc1.[Cl-]. The molecule has 5 heteroatoms. The smallest absolute Gasteiger partial charge is 0.338 e. The number of benzene rings is 1. The summed E-state index contributed by atoms with van der Waals surface area (Å²) in [4.78, 5) is 14.2. The van der Waals surface area contributed by atoms with Gasteiger partial charge in [0.05, 0.1) is 12.7 Å². The van der Waals surface area contributed by atoms with E-state index < -0.39 is 0 Å². The summed E-state index contributed by atoms with van der Waals surface area (Å²) >= 11 is 0. The number of hydrogen-bond acceptors (Lipinski definition) is 4. The van der Waals surface area contributed by atoms with Crippen molar-refractivity contribution in [2.75, 3.05) is 33.4 Å². The first kappa shape index (κ1) is 16.8. The summed E-state index contributed by atoms with van der Waals surface area (Å²) in [7, 11) is 1.60. The highest BCUT2D eigenvalue weighted by molar-refractivity contribution is 5.89. The predicted molar refractivity (Wildman–Crippen MR) is 73.6 cm³/mol. The van der Waals surface area contributed by atoms with E-state index in [1.807, 2.05) is 0 Å². The zero-order valence-electron chi connectivity index (χ0n) is 11.8. The number of likely N-dealkylation sites (tertiary alicyclic amines) is 1. The van der Waals surface area contributed by atoms with Gasteiger partial charge >= 0.3 is 5.97 Å². The van der Waals surface area contributed by atoms with Crippen LogP contribution in [0, 0.1) is 0 Å². The van der Waals surface area contributed by atoms with Gasteiger partial charge in [0, 0.05) is 6.54 Å². The fourth-order valence-corrected chi connectivity index (χ4v) is 2.26. The molecule has 1 saturated heterocycles. The molecule has 0 spiro atoms. The lowest BCUT2D eigenvalue weighted by Crippen LogP contribution is -3.00. The molecule has 1 heterocycles. The maximum atomic E-state index is 11.8. The Kier molecular flexibility index (Phi) is 7.41. The molecule has 0 radical (unpaired) electrons. The molecule has 4 nitrogen and oxygen atoms in total. The Balaban J connectivity index is 0.00000200. The predicted octanol–water partition coefficient (Wildman–Crippen LogP) is -0.658. The lowest BCUT2D eigenvalue weighted by molar-refractivity contribution is -0.0000237. The van der Waals surface area contributed by atoms with Crippen LogP contribution in [0.5, 0.6) is 5.75 Å². The van der Waals surface area contributed by atoms with Crippen LogP contribution in [0.25, 0.3) is 0 Å². The quantitative estimate of drug-likeness (QED) is 0.677. The van der Waals surface area contributed by atoms with E-state index in [0.717, 1.165) is 25.4 Å². The van der Waals surface area contributed by atoms with E-state index in [-0.39, 0.29) is 18.4 Å². The number of piperidine rings is 1. The van der Waals surface area contributed by atoms with E-state index in [1.54, 1.807) is 31.4 Å². The minimum absolute atomic E-state index is 0. The minimum atomic E-state index is -0.264. The van der Waals surface area contributed by atoms with E-state index in [1.165, 1.54) is 19.3 Å². The first-order valence-corrected chi connectivity index (χ1v) is 6.83. The first-order chi connectivity index (χ1) is 9.29. The lowest BCUT2D eigenvalue weighted by Gasteiger charge is -2.25. The minimum Gasteiger partial charge on any atom is -1.00 e. The zero-order chi connectivity index (χ0) is 13.5. The molecule has 0 amide bonds. The molecule has 1 aromatic carbocycles. The highest BCUT2D eigenvalue weighted by atomic mass is 35.5. The summed E-state index contributed by atoms with van der Waals surface area (Å²) in [5, 5.41) is 0. The number of methoxy groups -OCH3 is 1. The van der Waals surface area contributed by atoms with Crippen molar-refractivity contribution in [1.29, 1.82) is 0 Å². The van der Waals surface area contributed by atoms with Crippen LogP contribution in [0.15, 0.2) is 24.3 Å². The first-order valence-electron chi connectivity index (χ1n) is 6.83. The number of rotatable bonds is 5. The van der Waals surface area contributed by atoms with Crippen LogP contribution in [0.4, 0.5) is 0 Å². The fraction of sp³-hybridized carbons (Fsp3) is 0.533. The van der Waals surface area contributed by atoms with Gasteiger partial charge in [0.2, 0.25) is 0 Å². The summed E-state index contributed by atoms with van der Waals surface area (Å²) in [6, 6.07) is 6.98. The Labute approximate surface area is 126 Å². The topological polar surface area (TPSA) is 38.8 Å². The Morgan fingerprint density at radius 3 is 2.40 bits per heavy atom. The third-order valence-corrected chi connectivity index (χ3v) is 3.42. The largest absolute Gasteiger partial charge is 1.00 e. The summed E-state index contributed by atoms with van der Waals surface area (Å²) in [6.45, 7) is 3.55. The Morgan fingerprint density at radius 1 is 1.15 bits per heavy atom. The molecule has 1 aliphatic rings. The normalized spacial score (nSPS) is 15.2. The van der Waals surface area contributed by atoms with Gasteiger partial charge in [0.15, 0.2) is 0 Å². The molecule has 20 heavy (non-hydrogen) atoms. The number of ether oxygens (including phenoxy) is 2. The van der Waals surface area contributed by atoms with Crippen molar-refractivity contribution in [3.8, 4) is 5.75 Å². The molecule has 0 saturated carbocycles. The summed E-state index contributed by atoms with van der Waals surface area (Å²) in [5.41, 5.74) is 0.569. The van der Waals surface area contributed by atoms with E-state index in [0.29, 0.717) is 12.2 Å². The van der Waals surface area contributed by atoms with Crippen LogP contribution < -0.4 is 17.1 Å². The standard InChI is InChI=1S/C15H21NO3.ClH/c1-18-14-7-5-13(6-8-14)15(17)19-12-11-16-9-3-2-4-10-16;/h5-8H,2-4,9-12H2,1H3;1H/p-1. The highest BCUT2D eigenvalue weighted by Gasteiger charge is 2.11. The second-order valence-corrected chi connectivity index (χ2v) is 4.77. The maximum Gasteiger partial charge on any atom is 0.338 e. The average Bonchev–Trinajstić information content (AvgIpc) is 2.48. The van der Waals surface area contributed by atoms with Crippen LogP contribution >= 0.6 is 0 Å². The van der Waals surface area contributed by atoms with Crippen LogP contribution in [-0.2, 0) is 4.74 Å². The molecule has 0 N–H and O–H groups in total. The molecular weight excluding hydrogens is 278 g/mol. The second-order valence-electron chi connectivity index (χ2n) is 4.77. The van der Waals surface area contributed by atoms with Crippen molar-refractivity contribution in [2.45, 2.75) is 19.3 Å². The Hall–Kier alpha value is -1.26. The molecule has 0 aromatic heterocycles. The molecule has 0 bridgehead atoms. The van der Waals surface area contributed by atoms with Gasteiger partial charge < -0.3 is 21.9 Å². The molecule has 1 fully saturated rings. The van der Waals surface area contributed by atoms with Gasteiger partial charge in [-0.05, 0) is 50.2 Å². The van der Waals surface area contributed by atoms with Crippen LogP contribution in [0.2, 0.25) is 0 Å². The molecule has 0 unspecified atom stereocenters. The average molecular weight is 299 g/mol. The number of esters is 1. The van der Waals surface area contributed by atoms with E-state index in [9.17, 15) is 4.79 Å². The third-order valence-electron chi connectivity index (χ3n) is 3.42. The van der Waals surface area contributed by atoms with Gasteiger partial charge in [-0.3, -0.25) is 4.90 Å². The summed E-state index contributed by atoms with van der Waals surface area (Å²) in [6.07, 6.45) is 3.83. The maximum absolute atomic E-state index is 11.8.